The van der Waals surface area contributed by atoms with Crippen LogP contribution in [0.5, 0.6) is 5.75 Å². The van der Waals surface area contributed by atoms with Crippen LogP contribution in [0.1, 0.15) is 16.4 Å². The molecule has 0 atom stereocenters. The third kappa shape index (κ3) is 3.39. The molecule has 1 N–H and O–H groups in total. The van der Waals surface area contributed by atoms with Crippen molar-refractivity contribution in [1.82, 2.24) is 4.90 Å². The summed E-state index contributed by atoms with van der Waals surface area (Å²) in [7, 11) is 1.67. The van der Waals surface area contributed by atoms with E-state index in [9.17, 15) is 4.79 Å². The average Bonchev–Trinajstić information content (AvgIpc) is 2.92. The van der Waals surface area contributed by atoms with Gasteiger partial charge in [0, 0.05) is 29.6 Å². The van der Waals surface area contributed by atoms with Gasteiger partial charge in [0.25, 0.3) is 0 Å². The number of methoxy groups -OCH3 is 1. The van der Waals surface area contributed by atoms with Crippen LogP contribution in [-0.2, 0) is 5.75 Å². The number of ether oxygens (including phenoxy) is 1. The second-order valence-corrected chi connectivity index (χ2v) is 7.57. The maximum atomic E-state index is 10.8. The molecule has 0 bridgehead atoms. The number of likely N-dealkylation sites (tertiary alicyclic amines) is 1. The number of amides is 1. The second-order valence-electron chi connectivity index (χ2n) is 5.18. The lowest BCUT2D eigenvalue weighted by Gasteiger charge is -2.36. The van der Waals surface area contributed by atoms with Crippen LogP contribution in [-0.4, -0.2) is 36.3 Å². The van der Waals surface area contributed by atoms with Crippen LogP contribution in [0.3, 0.4) is 0 Å². The number of nitrogens with zero attached hydrogens (tertiary/aromatic N) is 1. The van der Waals surface area contributed by atoms with Crippen LogP contribution in [0.2, 0.25) is 0 Å². The molecule has 116 valence electrons. The lowest BCUT2D eigenvalue weighted by atomic mass is 9.99. The average molecular weight is 335 g/mol. The van der Waals surface area contributed by atoms with E-state index in [-0.39, 0.29) is 0 Å². The fourth-order valence-corrected chi connectivity index (χ4v) is 4.51. The van der Waals surface area contributed by atoms with E-state index in [1.807, 2.05) is 23.9 Å². The molecule has 0 radical (unpaired) electrons. The van der Waals surface area contributed by atoms with E-state index in [4.69, 9.17) is 9.84 Å². The molecular weight excluding hydrogens is 318 g/mol. The standard InChI is InChI=1S/C16H17NO3S2/c1-20-13-4-2-11(3-5-13)10-21-15-7-6-14(22-15)12-8-17(9-12)16(18)19/h2-7,12H,8-10H2,1H3,(H,18,19). The maximum Gasteiger partial charge on any atom is 0.407 e. The van der Waals surface area contributed by atoms with Crippen LogP contribution in [0.25, 0.3) is 0 Å². The van der Waals surface area contributed by atoms with E-state index in [0.29, 0.717) is 19.0 Å². The van der Waals surface area contributed by atoms with Gasteiger partial charge in [0.05, 0.1) is 11.3 Å². The molecule has 2 heterocycles. The van der Waals surface area contributed by atoms with E-state index in [2.05, 4.69) is 24.3 Å². The van der Waals surface area contributed by atoms with Gasteiger partial charge in [0.15, 0.2) is 0 Å². The highest BCUT2D eigenvalue weighted by atomic mass is 32.2. The van der Waals surface area contributed by atoms with Crippen molar-refractivity contribution in [3.05, 3.63) is 46.8 Å². The summed E-state index contributed by atoms with van der Waals surface area (Å²) in [6.07, 6.45) is -0.818. The first-order chi connectivity index (χ1) is 10.7. The second kappa shape index (κ2) is 6.62. The molecule has 0 aliphatic carbocycles. The fourth-order valence-electron chi connectivity index (χ4n) is 2.32. The largest absolute Gasteiger partial charge is 0.497 e. The first-order valence-corrected chi connectivity index (χ1v) is 8.79. The minimum atomic E-state index is -0.818. The van der Waals surface area contributed by atoms with Crippen LogP contribution in [0.15, 0.2) is 40.6 Å². The van der Waals surface area contributed by atoms with Gasteiger partial charge in [-0.2, -0.15) is 0 Å². The third-order valence-electron chi connectivity index (χ3n) is 3.70. The number of thioether (sulfide) groups is 1. The molecule has 0 saturated carbocycles. The summed E-state index contributed by atoms with van der Waals surface area (Å²) in [5.41, 5.74) is 1.27. The van der Waals surface area contributed by atoms with Gasteiger partial charge in [0.1, 0.15) is 5.75 Å². The number of carboxylic acid groups (broad SMARTS) is 1. The van der Waals surface area contributed by atoms with Gasteiger partial charge in [-0.05, 0) is 29.8 Å². The number of rotatable bonds is 5. The summed E-state index contributed by atoms with van der Waals surface area (Å²) in [4.78, 5) is 13.5. The molecule has 22 heavy (non-hydrogen) atoms. The van der Waals surface area contributed by atoms with Crippen LogP contribution < -0.4 is 4.74 Å². The molecular formula is C16H17NO3S2. The molecule has 1 fully saturated rings. The Balaban J connectivity index is 1.52. The van der Waals surface area contributed by atoms with Crippen molar-refractivity contribution < 1.29 is 14.6 Å². The molecule has 0 unspecified atom stereocenters. The lowest BCUT2D eigenvalue weighted by Crippen LogP contribution is -2.47. The monoisotopic (exact) mass is 335 g/mol. The number of thiophene rings is 1. The van der Waals surface area contributed by atoms with Gasteiger partial charge in [-0.3, -0.25) is 0 Å². The molecule has 2 aromatic rings. The number of hydrogen-bond donors (Lipinski definition) is 1. The van der Waals surface area contributed by atoms with Crippen molar-refractivity contribution in [3.63, 3.8) is 0 Å². The van der Waals surface area contributed by atoms with Crippen molar-refractivity contribution >= 4 is 29.2 Å². The highest BCUT2D eigenvalue weighted by Crippen LogP contribution is 2.37. The zero-order valence-corrected chi connectivity index (χ0v) is 13.8. The fraction of sp³-hybridized carbons (Fsp3) is 0.312. The summed E-state index contributed by atoms with van der Waals surface area (Å²) in [5.74, 6) is 2.17. The molecule has 1 aromatic heterocycles. The minimum Gasteiger partial charge on any atom is -0.497 e. The summed E-state index contributed by atoms with van der Waals surface area (Å²) in [6, 6.07) is 12.4. The number of hydrogen-bond acceptors (Lipinski definition) is 4. The molecule has 1 aliphatic rings. The Morgan fingerprint density at radius 3 is 2.68 bits per heavy atom. The van der Waals surface area contributed by atoms with Crippen LogP contribution in [0.4, 0.5) is 4.79 Å². The molecule has 1 amide bonds. The Kier molecular flexibility index (Phi) is 4.59. The maximum absolute atomic E-state index is 10.8. The molecule has 1 aliphatic heterocycles. The smallest absolute Gasteiger partial charge is 0.407 e. The molecule has 0 spiro atoms. The van der Waals surface area contributed by atoms with Gasteiger partial charge in [-0.25, -0.2) is 4.79 Å². The quantitative estimate of drug-likeness (QED) is 0.835. The van der Waals surface area contributed by atoms with E-state index in [1.54, 1.807) is 18.4 Å². The topological polar surface area (TPSA) is 49.8 Å². The van der Waals surface area contributed by atoms with Crippen LogP contribution in [0, 0.1) is 0 Å². The Hall–Kier alpha value is -1.66. The normalized spacial score (nSPS) is 14.7. The SMILES string of the molecule is COc1ccc(CSc2ccc(C3CN(C(=O)O)C3)s2)cc1. The van der Waals surface area contributed by atoms with E-state index < -0.39 is 6.09 Å². The van der Waals surface area contributed by atoms with Gasteiger partial charge >= 0.3 is 6.09 Å². The van der Waals surface area contributed by atoms with E-state index in [0.717, 1.165) is 11.5 Å². The van der Waals surface area contributed by atoms with Gasteiger partial charge in [-0.1, -0.05) is 12.1 Å². The lowest BCUT2D eigenvalue weighted by molar-refractivity contribution is 0.106. The third-order valence-corrected chi connectivity index (χ3v) is 6.24. The first kappa shape index (κ1) is 15.2. The van der Waals surface area contributed by atoms with Gasteiger partial charge in [0.2, 0.25) is 0 Å². The molecule has 4 nitrogen and oxygen atoms in total. The van der Waals surface area contributed by atoms with Crippen molar-refractivity contribution in [1.29, 1.82) is 0 Å². The van der Waals surface area contributed by atoms with Crippen molar-refractivity contribution in [3.8, 4) is 5.75 Å². The Labute approximate surface area is 137 Å². The zero-order valence-electron chi connectivity index (χ0n) is 12.2. The number of benzene rings is 1. The van der Waals surface area contributed by atoms with Crippen molar-refractivity contribution in [2.24, 2.45) is 0 Å². The predicted octanol–water partition coefficient (Wildman–Crippen LogP) is 4.13. The number of carbonyl (C=O) groups is 1. The summed E-state index contributed by atoms with van der Waals surface area (Å²) in [5, 5.41) is 8.87. The van der Waals surface area contributed by atoms with Gasteiger partial charge < -0.3 is 14.7 Å². The van der Waals surface area contributed by atoms with Gasteiger partial charge in [-0.15, -0.1) is 23.1 Å². The minimum absolute atomic E-state index is 0.372. The molecule has 1 aromatic carbocycles. The molecule has 6 heteroatoms. The Morgan fingerprint density at radius 1 is 1.32 bits per heavy atom. The molecule has 1 saturated heterocycles. The highest BCUT2D eigenvalue weighted by Gasteiger charge is 2.32. The van der Waals surface area contributed by atoms with E-state index in [1.165, 1.54) is 19.5 Å². The Morgan fingerprint density at radius 2 is 2.05 bits per heavy atom. The van der Waals surface area contributed by atoms with Crippen molar-refractivity contribution in [2.45, 2.75) is 15.9 Å². The molecule has 3 rings (SSSR count). The zero-order chi connectivity index (χ0) is 15.5. The van der Waals surface area contributed by atoms with Crippen molar-refractivity contribution in [2.75, 3.05) is 20.2 Å². The summed E-state index contributed by atoms with van der Waals surface area (Å²) in [6.45, 7) is 1.25. The van der Waals surface area contributed by atoms with E-state index >= 15 is 0 Å². The summed E-state index contributed by atoms with van der Waals surface area (Å²) >= 11 is 3.59. The summed E-state index contributed by atoms with van der Waals surface area (Å²) < 4.78 is 6.43. The Bertz CT molecular complexity index is 648. The van der Waals surface area contributed by atoms with Crippen LogP contribution >= 0.6 is 23.1 Å². The predicted molar refractivity (Wildman–Crippen MR) is 89.2 cm³/mol. The first-order valence-electron chi connectivity index (χ1n) is 6.99. The highest BCUT2D eigenvalue weighted by molar-refractivity contribution is 8.00.